The number of rotatable bonds is 10. The topological polar surface area (TPSA) is 46.5 Å². The Labute approximate surface area is 205 Å². The third-order valence-electron chi connectivity index (χ3n) is 9.94. The lowest BCUT2D eigenvalue weighted by Crippen LogP contribution is -2.38. The highest BCUT2D eigenvalue weighted by Crippen LogP contribution is 2.56. The molecule has 0 saturated heterocycles. The van der Waals surface area contributed by atoms with Crippen LogP contribution in [0.3, 0.4) is 0 Å². The fourth-order valence-electron chi connectivity index (χ4n) is 7.11. The molecular formula is C30H54O3. The lowest BCUT2D eigenvalue weighted by atomic mass is 9.60. The Hall–Kier alpha value is -0.830. The van der Waals surface area contributed by atoms with Gasteiger partial charge in [0, 0.05) is 13.3 Å². The van der Waals surface area contributed by atoms with Crippen molar-refractivity contribution in [3.63, 3.8) is 0 Å². The summed E-state index contributed by atoms with van der Waals surface area (Å²) in [6, 6.07) is 0. The molecule has 0 unspecified atom stereocenters. The fourth-order valence-corrected chi connectivity index (χ4v) is 7.11. The van der Waals surface area contributed by atoms with E-state index in [-0.39, 0.29) is 17.5 Å². The van der Waals surface area contributed by atoms with Crippen LogP contribution in [0, 0.1) is 34.5 Å². The van der Waals surface area contributed by atoms with E-state index in [1.165, 1.54) is 38.2 Å². The van der Waals surface area contributed by atoms with Gasteiger partial charge in [-0.15, -0.1) is 0 Å². The molecule has 0 heterocycles. The summed E-state index contributed by atoms with van der Waals surface area (Å²) in [7, 11) is 0. The Morgan fingerprint density at radius 1 is 1.21 bits per heavy atom. The van der Waals surface area contributed by atoms with E-state index in [1.807, 2.05) is 13.8 Å². The summed E-state index contributed by atoms with van der Waals surface area (Å²) in [5, 5.41) is 10.2. The van der Waals surface area contributed by atoms with Crippen LogP contribution in [0.2, 0.25) is 0 Å². The minimum atomic E-state index is -0.565. The average molecular weight is 463 g/mol. The Morgan fingerprint density at radius 2 is 1.88 bits per heavy atom. The molecule has 0 aromatic rings. The van der Waals surface area contributed by atoms with E-state index in [9.17, 15) is 9.90 Å². The van der Waals surface area contributed by atoms with E-state index in [0.29, 0.717) is 17.3 Å². The number of carbonyl (C=O) groups is 1. The summed E-state index contributed by atoms with van der Waals surface area (Å²) in [4.78, 5) is 11.5. The summed E-state index contributed by atoms with van der Waals surface area (Å²) in [6.07, 6.45) is 13.7. The predicted molar refractivity (Wildman–Crippen MR) is 139 cm³/mol. The normalized spacial score (nSPS) is 36.1. The first-order valence-electron chi connectivity index (χ1n) is 13.8. The highest BCUT2D eigenvalue weighted by molar-refractivity contribution is 5.66. The lowest BCUT2D eigenvalue weighted by Gasteiger charge is -2.46. The van der Waals surface area contributed by atoms with Gasteiger partial charge in [0.1, 0.15) is 6.10 Å². The van der Waals surface area contributed by atoms with Crippen molar-refractivity contribution in [2.24, 2.45) is 34.5 Å². The second-order valence-corrected chi connectivity index (χ2v) is 12.9. The highest BCUT2D eigenvalue weighted by Gasteiger charge is 2.47. The van der Waals surface area contributed by atoms with Gasteiger partial charge >= 0.3 is 5.97 Å². The zero-order chi connectivity index (χ0) is 25.0. The van der Waals surface area contributed by atoms with Gasteiger partial charge in [0.15, 0.2) is 0 Å². The van der Waals surface area contributed by atoms with Crippen molar-refractivity contribution in [1.82, 2.24) is 0 Å². The van der Waals surface area contributed by atoms with Crippen LogP contribution in [-0.2, 0) is 9.53 Å². The molecule has 0 radical (unpaired) electrons. The number of hydrogen-bond acceptors (Lipinski definition) is 3. The monoisotopic (exact) mass is 462 g/mol. The molecule has 3 heteroatoms. The maximum atomic E-state index is 11.5. The van der Waals surface area contributed by atoms with Crippen molar-refractivity contribution in [1.29, 1.82) is 0 Å². The largest absolute Gasteiger partial charge is 0.462 e. The van der Waals surface area contributed by atoms with Gasteiger partial charge in [-0.2, -0.15) is 0 Å². The predicted octanol–water partition coefficient (Wildman–Crippen LogP) is 8.10. The molecule has 0 aromatic carbocycles. The van der Waals surface area contributed by atoms with Gasteiger partial charge in [-0.05, 0) is 106 Å². The minimum absolute atomic E-state index is 0.0500. The quantitative estimate of drug-likeness (QED) is 0.263. The molecule has 0 bridgehead atoms. The second kappa shape index (κ2) is 11.3. The van der Waals surface area contributed by atoms with Gasteiger partial charge in [-0.3, -0.25) is 4.79 Å². The standard InChI is InChI=1S/C30H54O3/c1-10-11-25-20-26(33-24(5)31)16-19-29(25,8)23(4)15-18-30(9)22(3)12-13-27(30)21(2)14-17-28(6,7)32/h11,21-23,26-27,32H,10,12-20H2,1-9H3/b25-11-/t21-,22-,23-,26+,27-,29-,30+/m1/s1. The molecule has 2 fully saturated rings. The van der Waals surface area contributed by atoms with Crippen molar-refractivity contribution in [2.45, 2.75) is 138 Å². The molecule has 2 aliphatic carbocycles. The first-order chi connectivity index (χ1) is 15.2. The molecule has 0 amide bonds. The second-order valence-electron chi connectivity index (χ2n) is 12.9. The van der Waals surface area contributed by atoms with Crippen molar-refractivity contribution in [3.05, 3.63) is 11.6 Å². The minimum Gasteiger partial charge on any atom is -0.462 e. The molecule has 0 aromatic heterocycles. The molecule has 0 spiro atoms. The zero-order valence-corrected chi connectivity index (χ0v) is 23.3. The van der Waals surface area contributed by atoms with Crippen LogP contribution in [0.15, 0.2) is 11.6 Å². The molecule has 3 nitrogen and oxygen atoms in total. The molecule has 192 valence electrons. The SMILES string of the molecule is CC/C=C1/C[C@@H](OC(C)=O)CC[C@]1(C)[C@H](C)CC[C@@]1(C)[C@H](C)CC[C@@H]1[C@H](C)CCC(C)(C)O. The number of carbonyl (C=O) groups excluding carboxylic acids is 1. The van der Waals surface area contributed by atoms with Gasteiger partial charge in [0.25, 0.3) is 0 Å². The van der Waals surface area contributed by atoms with Gasteiger partial charge < -0.3 is 9.84 Å². The van der Waals surface area contributed by atoms with Crippen molar-refractivity contribution >= 4 is 5.97 Å². The maximum absolute atomic E-state index is 11.5. The summed E-state index contributed by atoms with van der Waals surface area (Å²) in [6.45, 7) is 20.0. The Bertz CT molecular complexity index is 675. The van der Waals surface area contributed by atoms with Gasteiger partial charge in [-0.1, -0.05) is 53.2 Å². The van der Waals surface area contributed by atoms with Crippen LogP contribution in [0.1, 0.15) is 127 Å². The number of allylic oxidation sites excluding steroid dienone is 1. The summed E-state index contributed by atoms with van der Waals surface area (Å²) < 4.78 is 5.60. The van der Waals surface area contributed by atoms with E-state index < -0.39 is 5.60 Å². The Kier molecular flexibility index (Phi) is 9.70. The number of hydrogen-bond donors (Lipinski definition) is 1. The van der Waals surface area contributed by atoms with Crippen LogP contribution >= 0.6 is 0 Å². The molecule has 1 N–H and O–H groups in total. The number of aliphatic hydroxyl groups is 1. The Morgan fingerprint density at radius 3 is 2.45 bits per heavy atom. The van der Waals surface area contributed by atoms with E-state index in [0.717, 1.165) is 50.4 Å². The third-order valence-corrected chi connectivity index (χ3v) is 9.94. The molecule has 7 atom stereocenters. The average Bonchev–Trinajstić information content (AvgIpc) is 3.01. The van der Waals surface area contributed by atoms with Gasteiger partial charge in [0.2, 0.25) is 0 Å². The molecule has 2 saturated carbocycles. The van der Waals surface area contributed by atoms with Crippen LogP contribution in [-0.4, -0.2) is 22.8 Å². The fraction of sp³-hybridized carbons (Fsp3) is 0.900. The van der Waals surface area contributed by atoms with E-state index in [4.69, 9.17) is 4.74 Å². The number of esters is 1. The summed E-state index contributed by atoms with van der Waals surface area (Å²) in [5.74, 6) is 2.63. The summed E-state index contributed by atoms with van der Waals surface area (Å²) >= 11 is 0. The van der Waals surface area contributed by atoms with Crippen LogP contribution in [0.25, 0.3) is 0 Å². The maximum Gasteiger partial charge on any atom is 0.302 e. The first-order valence-corrected chi connectivity index (χ1v) is 13.8. The zero-order valence-electron chi connectivity index (χ0n) is 23.3. The van der Waals surface area contributed by atoms with Crippen LogP contribution in [0.4, 0.5) is 0 Å². The summed E-state index contributed by atoms with van der Waals surface area (Å²) in [5.41, 5.74) is 1.53. The van der Waals surface area contributed by atoms with E-state index >= 15 is 0 Å². The van der Waals surface area contributed by atoms with Gasteiger partial charge in [-0.25, -0.2) is 0 Å². The molecule has 2 rings (SSSR count). The van der Waals surface area contributed by atoms with Crippen LogP contribution < -0.4 is 0 Å². The van der Waals surface area contributed by atoms with Crippen molar-refractivity contribution in [2.75, 3.05) is 0 Å². The molecule has 2 aliphatic rings. The van der Waals surface area contributed by atoms with Crippen molar-refractivity contribution in [3.8, 4) is 0 Å². The molecule has 33 heavy (non-hydrogen) atoms. The number of ether oxygens (including phenoxy) is 1. The molecular weight excluding hydrogens is 408 g/mol. The van der Waals surface area contributed by atoms with Crippen LogP contribution in [0.5, 0.6) is 0 Å². The first kappa shape index (κ1) is 28.4. The lowest BCUT2D eigenvalue weighted by molar-refractivity contribution is -0.148. The van der Waals surface area contributed by atoms with E-state index in [1.54, 1.807) is 0 Å². The highest BCUT2D eigenvalue weighted by atomic mass is 16.5. The van der Waals surface area contributed by atoms with Crippen molar-refractivity contribution < 1.29 is 14.6 Å². The molecule has 0 aliphatic heterocycles. The smallest absolute Gasteiger partial charge is 0.302 e. The third kappa shape index (κ3) is 7.09. The van der Waals surface area contributed by atoms with Gasteiger partial charge in [0.05, 0.1) is 5.60 Å². The Balaban J connectivity index is 2.09. The van der Waals surface area contributed by atoms with E-state index in [2.05, 4.69) is 47.6 Å².